The van der Waals surface area contributed by atoms with Gasteiger partial charge in [-0.05, 0) is 63.8 Å². The van der Waals surface area contributed by atoms with Gasteiger partial charge in [0.05, 0.1) is 0 Å². The molecule has 1 saturated heterocycles. The van der Waals surface area contributed by atoms with Crippen molar-refractivity contribution in [2.45, 2.75) is 67.9 Å². The van der Waals surface area contributed by atoms with Gasteiger partial charge in [-0.15, -0.1) is 0 Å². The van der Waals surface area contributed by atoms with E-state index < -0.39 is 13.5 Å². The minimum atomic E-state index is -1.73. The molecule has 3 aromatic carbocycles. The number of halogens is 3. The number of anilines is 2. The molecule has 0 N–H and O–H groups in total. The van der Waals surface area contributed by atoms with Gasteiger partial charge in [0, 0.05) is 24.5 Å². The molecule has 0 atom stereocenters. The van der Waals surface area contributed by atoms with Crippen molar-refractivity contribution < 1.29 is 18.3 Å². The van der Waals surface area contributed by atoms with Crippen molar-refractivity contribution in [3.63, 3.8) is 0 Å². The monoisotopic (exact) mass is 675 g/mol. The Balaban J connectivity index is 0.000000231. The molecule has 0 saturated carbocycles. The molecule has 0 aromatic heterocycles. The first-order valence-corrected chi connectivity index (χ1v) is 19.0. The predicted octanol–water partition coefficient (Wildman–Crippen LogP) is 9.38. The van der Waals surface area contributed by atoms with E-state index in [1.54, 1.807) is 0 Å². The van der Waals surface area contributed by atoms with Crippen molar-refractivity contribution in [2.24, 2.45) is 0 Å². The standard InChI is InChI=1S/C21H27N2.C11H13ClO.2ClH.Ru/c1-14-9-16(3)20(17(4)10-14)22-7-8-23(13-22)21-18(5)11-15(2)12-19(21)6;1-4-9-7-10(12)5-6-11(9)13-8(2)3;;;/h9-13H,7-8H2,1-6H3;1,5-8H,4H2,2-3H3;2*1H;/q-1;;;;+2/p-2. The van der Waals surface area contributed by atoms with Crippen LogP contribution in [0.1, 0.15) is 52.8 Å². The predicted molar refractivity (Wildman–Crippen MR) is 169 cm³/mol. The summed E-state index contributed by atoms with van der Waals surface area (Å²) in [6.07, 6.45) is 0.842. The molecule has 0 radical (unpaired) electrons. The van der Waals surface area contributed by atoms with Gasteiger partial charge in [-0.2, -0.15) is 6.67 Å². The van der Waals surface area contributed by atoms with Crippen LogP contribution in [0.5, 0.6) is 5.75 Å². The molecule has 3 nitrogen and oxygen atoms in total. The first-order chi connectivity index (χ1) is 18.3. The molecule has 1 aliphatic heterocycles. The summed E-state index contributed by atoms with van der Waals surface area (Å²) in [6.45, 7) is 21.5. The Bertz CT molecular complexity index is 1230. The molecule has 0 amide bonds. The van der Waals surface area contributed by atoms with Crippen LogP contribution in [0.2, 0.25) is 5.02 Å². The van der Waals surface area contributed by atoms with Crippen molar-refractivity contribution in [1.82, 2.24) is 0 Å². The Morgan fingerprint density at radius 1 is 0.821 bits per heavy atom. The summed E-state index contributed by atoms with van der Waals surface area (Å²) in [6, 6.07) is 14.7. The zero-order valence-corrected chi connectivity index (χ0v) is 28.2. The number of hydrogen-bond acceptors (Lipinski definition) is 3. The summed E-state index contributed by atoms with van der Waals surface area (Å²) in [5.41, 5.74) is 11.9. The summed E-state index contributed by atoms with van der Waals surface area (Å²) >= 11 is 4.21. The third-order valence-electron chi connectivity index (χ3n) is 6.49. The quantitative estimate of drug-likeness (QED) is 0.191. The van der Waals surface area contributed by atoms with E-state index in [-0.39, 0.29) is 6.10 Å². The SMILES string of the molecule is CC(C)Oc1ccc(Cl)cc1C[CH]=[Ru]([Cl])[Cl].Cc1cc(C)c(N2[CH-]N(c3c(C)cc(C)cc3C)CC2)c(C)c1. The molecule has 7 heteroatoms. The average molecular weight is 676 g/mol. The van der Waals surface area contributed by atoms with E-state index in [4.69, 9.17) is 35.7 Å². The number of ether oxygens (including phenoxy) is 1. The number of nitrogens with zero attached hydrogens (tertiary/aromatic N) is 2. The van der Waals surface area contributed by atoms with Crippen LogP contribution in [0.25, 0.3) is 0 Å². The molecule has 214 valence electrons. The molecular formula is C32H40Cl3N2ORu-. The van der Waals surface area contributed by atoms with Gasteiger partial charge in [0.25, 0.3) is 0 Å². The smallest absolute Gasteiger partial charge is 0.0146 e. The van der Waals surface area contributed by atoms with Crippen LogP contribution in [0, 0.1) is 48.2 Å². The second-order valence-electron chi connectivity index (χ2n) is 10.5. The molecule has 4 rings (SSSR count). The number of rotatable bonds is 6. The Morgan fingerprint density at radius 3 is 1.69 bits per heavy atom. The van der Waals surface area contributed by atoms with Gasteiger partial charge < -0.3 is 9.80 Å². The maximum atomic E-state index is 5.94. The van der Waals surface area contributed by atoms with E-state index >= 15 is 0 Å². The van der Waals surface area contributed by atoms with E-state index in [1.807, 2.05) is 36.7 Å². The van der Waals surface area contributed by atoms with Gasteiger partial charge in [-0.25, -0.2) is 0 Å². The average Bonchev–Trinajstić information content (AvgIpc) is 3.27. The number of aryl methyl sites for hydroxylation is 6. The molecule has 1 heterocycles. The Morgan fingerprint density at radius 2 is 1.28 bits per heavy atom. The Kier molecular flexibility index (Phi) is 11.8. The second-order valence-corrected chi connectivity index (χ2v) is 16.8. The van der Waals surface area contributed by atoms with E-state index in [0.29, 0.717) is 11.4 Å². The summed E-state index contributed by atoms with van der Waals surface area (Å²) in [5, 5.41) is 0.697. The molecule has 0 bridgehead atoms. The fourth-order valence-electron chi connectivity index (χ4n) is 5.30. The molecule has 3 aromatic rings. The zero-order chi connectivity index (χ0) is 28.9. The van der Waals surface area contributed by atoms with E-state index in [2.05, 4.69) is 82.3 Å². The zero-order valence-electron chi connectivity index (χ0n) is 24.2. The molecule has 0 aliphatic carbocycles. The van der Waals surface area contributed by atoms with Crippen molar-refractivity contribution in [1.29, 1.82) is 0 Å². The first-order valence-electron chi connectivity index (χ1n) is 13.2. The summed E-state index contributed by atoms with van der Waals surface area (Å²) < 4.78 is 7.62. The van der Waals surface area contributed by atoms with Gasteiger partial charge in [-0.1, -0.05) is 35.4 Å². The first kappa shape index (κ1) is 31.9. The van der Waals surface area contributed by atoms with Gasteiger partial charge >= 0.3 is 115 Å². The third-order valence-corrected chi connectivity index (χ3v) is 8.91. The van der Waals surface area contributed by atoms with Crippen molar-refractivity contribution >= 4 is 47.0 Å². The fraction of sp³-hybridized carbons (Fsp3) is 0.375. The van der Waals surface area contributed by atoms with Crippen LogP contribution in [0.4, 0.5) is 11.4 Å². The summed E-state index contributed by atoms with van der Waals surface area (Å²) in [4.78, 5) is 4.81. The maximum absolute atomic E-state index is 5.94. The van der Waals surface area contributed by atoms with Crippen LogP contribution in [-0.2, 0) is 19.9 Å². The van der Waals surface area contributed by atoms with Crippen molar-refractivity contribution in [2.75, 3.05) is 22.9 Å². The fourth-order valence-corrected chi connectivity index (χ4v) is 6.79. The molecule has 39 heavy (non-hydrogen) atoms. The van der Waals surface area contributed by atoms with Crippen LogP contribution < -0.4 is 14.5 Å². The van der Waals surface area contributed by atoms with E-state index in [9.17, 15) is 0 Å². The molecule has 0 spiro atoms. The van der Waals surface area contributed by atoms with Gasteiger partial charge in [0.1, 0.15) is 0 Å². The molecule has 0 unspecified atom stereocenters. The molecular weight excluding hydrogens is 636 g/mol. The third kappa shape index (κ3) is 8.96. The summed E-state index contributed by atoms with van der Waals surface area (Å²) in [7, 11) is 11.6. The van der Waals surface area contributed by atoms with Crippen LogP contribution in [-0.4, -0.2) is 23.8 Å². The Labute approximate surface area is 253 Å². The van der Waals surface area contributed by atoms with Gasteiger partial charge in [-0.3, -0.25) is 0 Å². The van der Waals surface area contributed by atoms with Crippen molar-refractivity contribution in [3.05, 3.63) is 93.1 Å². The molecule has 1 aliphatic rings. The van der Waals surface area contributed by atoms with Crippen LogP contribution >= 0.6 is 31.0 Å². The minimum absolute atomic E-state index is 0.139. The normalized spacial score (nSPS) is 13.4. The van der Waals surface area contributed by atoms with Crippen LogP contribution in [0.15, 0.2) is 42.5 Å². The van der Waals surface area contributed by atoms with Gasteiger partial charge in [0.15, 0.2) is 0 Å². The number of hydrogen-bond donors (Lipinski definition) is 0. The molecule has 1 fully saturated rings. The Hall–Kier alpha value is -1.58. The topological polar surface area (TPSA) is 15.7 Å². The number of benzene rings is 3. The maximum Gasteiger partial charge on any atom is 0.0146 e. The minimum Gasteiger partial charge on any atom is -0.502 e. The van der Waals surface area contributed by atoms with Crippen LogP contribution in [0.3, 0.4) is 0 Å². The largest absolute Gasteiger partial charge is 0.502 e. The van der Waals surface area contributed by atoms with E-state index in [0.717, 1.165) is 24.4 Å². The second kappa shape index (κ2) is 14.4. The van der Waals surface area contributed by atoms with E-state index in [1.165, 1.54) is 44.8 Å². The summed E-state index contributed by atoms with van der Waals surface area (Å²) in [5.74, 6) is 0.847. The van der Waals surface area contributed by atoms with Crippen molar-refractivity contribution in [3.8, 4) is 5.75 Å². The van der Waals surface area contributed by atoms with Gasteiger partial charge in [0.2, 0.25) is 0 Å².